The first-order valence-corrected chi connectivity index (χ1v) is 13.7. The van der Waals surface area contributed by atoms with E-state index in [1.165, 1.54) is 83.5 Å². The largest absolute Gasteiger partial charge is 0.466 e. The summed E-state index contributed by atoms with van der Waals surface area (Å²) < 4.78 is 10.4. The topological polar surface area (TPSA) is 52.6 Å². The molecule has 4 nitrogen and oxygen atoms in total. The Labute approximate surface area is 198 Å². The minimum Gasteiger partial charge on any atom is -0.466 e. The van der Waals surface area contributed by atoms with Crippen molar-refractivity contribution in [3.05, 3.63) is 12.2 Å². The summed E-state index contributed by atoms with van der Waals surface area (Å²) in [5.74, 6) is -0.431. The monoisotopic (exact) mass is 452 g/mol. The van der Waals surface area contributed by atoms with Crippen molar-refractivity contribution in [3.63, 3.8) is 0 Å². The molecule has 0 fully saturated rings. The van der Waals surface area contributed by atoms with Crippen molar-refractivity contribution in [1.82, 2.24) is 0 Å². The van der Waals surface area contributed by atoms with Crippen molar-refractivity contribution in [3.8, 4) is 0 Å². The van der Waals surface area contributed by atoms with Crippen LogP contribution in [0.5, 0.6) is 0 Å². The molecule has 0 aliphatic heterocycles. The van der Waals surface area contributed by atoms with Gasteiger partial charge in [-0.05, 0) is 25.7 Å². The third kappa shape index (κ3) is 24.9. The van der Waals surface area contributed by atoms with E-state index in [1.54, 1.807) is 0 Å². The van der Waals surface area contributed by atoms with E-state index < -0.39 is 0 Å². The van der Waals surface area contributed by atoms with E-state index in [2.05, 4.69) is 19.9 Å². The first-order valence-electron chi connectivity index (χ1n) is 13.7. The van der Waals surface area contributed by atoms with Crippen LogP contribution >= 0.6 is 0 Å². The molecule has 32 heavy (non-hydrogen) atoms. The van der Waals surface area contributed by atoms with Gasteiger partial charge < -0.3 is 9.47 Å². The molecule has 0 heterocycles. The normalized spacial score (nSPS) is 11.2. The number of unbranched alkanes of at least 4 members (excludes halogenated alkanes) is 14. The van der Waals surface area contributed by atoms with Gasteiger partial charge in [-0.2, -0.15) is 0 Å². The zero-order valence-electron chi connectivity index (χ0n) is 21.3. The molecule has 0 radical (unpaired) electrons. The second-order valence-corrected chi connectivity index (χ2v) is 8.91. The Morgan fingerprint density at radius 1 is 0.531 bits per heavy atom. The highest BCUT2D eigenvalue weighted by molar-refractivity contribution is 5.72. The number of hydrogen-bond acceptors (Lipinski definition) is 4. The Balaban J connectivity index is 3.26. The standard InChI is InChI=1S/C28H52O4/c1-3-5-7-9-10-11-12-13-14-15-16-17-18-19-21-26-32-28(30)24-22-23-27(29)31-25-20-8-6-4-2/h6,8H,3-5,7,9-26H2,1-2H3/b8-6+. The summed E-state index contributed by atoms with van der Waals surface area (Å²) in [6, 6.07) is 0. The van der Waals surface area contributed by atoms with Gasteiger partial charge in [-0.1, -0.05) is 116 Å². The lowest BCUT2D eigenvalue weighted by Gasteiger charge is -2.06. The Morgan fingerprint density at radius 3 is 1.44 bits per heavy atom. The van der Waals surface area contributed by atoms with Crippen LogP contribution in [0.2, 0.25) is 0 Å². The molecular weight excluding hydrogens is 400 g/mol. The van der Waals surface area contributed by atoms with Crippen LogP contribution < -0.4 is 0 Å². The third-order valence-electron chi connectivity index (χ3n) is 5.72. The summed E-state index contributed by atoms with van der Waals surface area (Å²) in [7, 11) is 0. The maximum Gasteiger partial charge on any atom is 0.305 e. The van der Waals surface area contributed by atoms with Gasteiger partial charge in [-0.15, -0.1) is 0 Å². The average Bonchev–Trinajstić information content (AvgIpc) is 2.78. The Hall–Kier alpha value is -1.32. The van der Waals surface area contributed by atoms with Gasteiger partial charge in [0.15, 0.2) is 0 Å². The molecule has 188 valence electrons. The van der Waals surface area contributed by atoms with E-state index in [4.69, 9.17) is 9.47 Å². The highest BCUT2D eigenvalue weighted by atomic mass is 16.5. The first-order chi connectivity index (χ1) is 15.7. The average molecular weight is 453 g/mol. The smallest absolute Gasteiger partial charge is 0.305 e. The van der Waals surface area contributed by atoms with Crippen molar-refractivity contribution >= 4 is 11.9 Å². The van der Waals surface area contributed by atoms with E-state index in [1.807, 2.05) is 6.08 Å². The van der Waals surface area contributed by atoms with E-state index >= 15 is 0 Å². The number of esters is 2. The number of ether oxygens (including phenoxy) is 2. The molecule has 0 bridgehead atoms. The summed E-state index contributed by atoms with van der Waals surface area (Å²) >= 11 is 0. The predicted molar refractivity (Wildman–Crippen MR) is 135 cm³/mol. The highest BCUT2D eigenvalue weighted by Gasteiger charge is 2.07. The van der Waals surface area contributed by atoms with Gasteiger partial charge >= 0.3 is 11.9 Å². The second-order valence-electron chi connectivity index (χ2n) is 8.91. The lowest BCUT2D eigenvalue weighted by atomic mass is 10.0. The maximum absolute atomic E-state index is 11.7. The molecule has 0 atom stereocenters. The lowest BCUT2D eigenvalue weighted by molar-refractivity contribution is -0.145. The van der Waals surface area contributed by atoms with Gasteiger partial charge in [-0.3, -0.25) is 9.59 Å². The van der Waals surface area contributed by atoms with Crippen LogP contribution in [0.3, 0.4) is 0 Å². The van der Waals surface area contributed by atoms with E-state index in [0.717, 1.165) is 25.7 Å². The fourth-order valence-electron chi connectivity index (χ4n) is 3.71. The molecule has 4 heteroatoms. The van der Waals surface area contributed by atoms with Crippen LogP contribution in [-0.2, 0) is 19.1 Å². The minimum atomic E-state index is -0.231. The molecule has 0 aliphatic rings. The minimum absolute atomic E-state index is 0.200. The number of rotatable bonds is 24. The quantitative estimate of drug-likeness (QED) is 0.0837. The van der Waals surface area contributed by atoms with Crippen LogP contribution in [0.25, 0.3) is 0 Å². The van der Waals surface area contributed by atoms with Crippen LogP contribution in [0.4, 0.5) is 0 Å². The van der Waals surface area contributed by atoms with Crippen molar-refractivity contribution < 1.29 is 19.1 Å². The van der Waals surface area contributed by atoms with Crippen LogP contribution in [0.15, 0.2) is 12.2 Å². The van der Waals surface area contributed by atoms with Crippen LogP contribution in [0.1, 0.15) is 142 Å². The van der Waals surface area contributed by atoms with Crippen molar-refractivity contribution in [2.24, 2.45) is 0 Å². The molecule has 0 saturated heterocycles. The summed E-state index contributed by atoms with van der Waals surface area (Å²) in [5.41, 5.74) is 0. The van der Waals surface area contributed by atoms with E-state index in [9.17, 15) is 9.59 Å². The van der Waals surface area contributed by atoms with Crippen molar-refractivity contribution in [1.29, 1.82) is 0 Å². The van der Waals surface area contributed by atoms with Gasteiger partial charge in [0.1, 0.15) is 0 Å². The summed E-state index contributed by atoms with van der Waals surface area (Å²) in [5, 5.41) is 0. The van der Waals surface area contributed by atoms with Crippen LogP contribution in [0, 0.1) is 0 Å². The number of carbonyl (C=O) groups excluding carboxylic acids is 2. The molecule has 0 aromatic carbocycles. The van der Waals surface area contributed by atoms with Gasteiger partial charge in [0.2, 0.25) is 0 Å². The lowest BCUT2D eigenvalue weighted by Crippen LogP contribution is -2.09. The van der Waals surface area contributed by atoms with Crippen molar-refractivity contribution in [2.75, 3.05) is 13.2 Å². The molecule has 0 rings (SSSR count). The molecule has 0 N–H and O–H groups in total. The molecule has 0 spiro atoms. The number of hydrogen-bond donors (Lipinski definition) is 0. The summed E-state index contributed by atoms with van der Waals surface area (Å²) in [6.45, 7) is 5.26. The fraction of sp³-hybridized carbons (Fsp3) is 0.857. The van der Waals surface area contributed by atoms with Gasteiger partial charge in [0.25, 0.3) is 0 Å². The summed E-state index contributed by atoms with van der Waals surface area (Å²) in [4.78, 5) is 23.3. The van der Waals surface area contributed by atoms with Gasteiger partial charge in [-0.25, -0.2) is 0 Å². The Bertz CT molecular complexity index is 445. The Morgan fingerprint density at radius 2 is 0.969 bits per heavy atom. The van der Waals surface area contributed by atoms with Crippen LogP contribution in [-0.4, -0.2) is 25.2 Å². The van der Waals surface area contributed by atoms with Crippen molar-refractivity contribution in [2.45, 2.75) is 142 Å². The Kier molecular flexibility index (Phi) is 24.9. The number of carbonyl (C=O) groups is 2. The molecule has 0 aromatic heterocycles. The van der Waals surface area contributed by atoms with E-state index in [0.29, 0.717) is 26.1 Å². The molecule has 0 saturated carbocycles. The third-order valence-corrected chi connectivity index (χ3v) is 5.72. The zero-order valence-corrected chi connectivity index (χ0v) is 21.3. The first kappa shape index (κ1) is 30.7. The van der Waals surface area contributed by atoms with Gasteiger partial charge in [0, 0.05) is 12.8 Å². The molecule has 0 aliphatic carbocycles. The zero-order chi connectivity index (χ0) is 23.5. The summed E-state index contributed by atoms with van der Waals surface area (Å²) in [6.07, 6.45) is 26.8. The maximum atomic E-state index is 11.7. The number of allylic oxidation sites excluding steroid dienone is 1. The van der Waals surface area contributed by atoms with E-state index in [-0.39, 0.29) is 18.4 Å². The molecule has 0 amide bonds. The predicted octanol–water partition coefficient (Wildman–Crippen LogP) is 8.47. The second kappa shape index (κ2) is 25.9. The SMILES string of the molecule is CC/C=C/CCOC(=O)CCCC(=O)OCCCCCCCCCCCCCCCCC. The molecule has 0 unspecified atom stereocenters. The molecular formula is C28H52O4. The highest BCUT2D eigenvalue weighted by Crippen LogP contribution is 2.13. The fourth-order valence-corrected chi connectivity index (χ4v) is 3.71. The molecule has 0 aromatic rings. The van der Waals surface area contributed by atoms with Gasteiger partial charge in [0.05, 0.1) is 13.2 Å².